The fraction of sp³-hybridized carbons (Fsp3) is 0.636. The molecule has 3 heteroatoms. The number of nitrogens with one attached hydrogen (secondary N) is 1. The Morgan fingerprint density at radius 2 is 2.43 bits per heavy atom. The summed E-state index contributed by atoms with van der Waals surface area (Å²) in [5, 5.41) is 12.9. The van der Waals surface area contributed by atoms with Crippen LogP contribution in [-0.4, -0.2) is 23.8 Å². The normalized spacial score (nSPS) is 18.4. The molecule has 1 heterocycles. The lowest BCUT2D eigenvalue weighted by molar-refractivity contribution is 0.159. The molecule has 1 saturated carbocycles. The van der Waals surface area contributed by atoms with Gasteiger partial charge in [-0.25, -0.2) is 0 Å². The first-order valence-electron chi connectivity index (χ1n) is 5.28. The molecule has 1 aliphatic carbocycles. The maximum atomic E-state index is 9.62. The van der Waals surface area contributed by atoms with Gasteiger partial charge in [-0.3, -0.25) is 0 Å². The van der Waals surface area contributed by atoms with Crippen LogP contribution in [0.5, 0.6) is 0 Å². The van der Waals surface area contributed by atoms with Crippen LogP contribution in [0.3, 0.4) is 0 Å². The molecule has 0 radical (unpaired) electrons. The average Bonchev–Trinajstić information content (AvgIpc) is 2.87. The van der Waals surface area contributed by atoms with Crippen LogP contribution < -0.4 is 5.32 Å². The Morgan fingerprint density at radius 1 is 1.57 bits per heavy atom. The lowest BCUT2D eigenvalue weighted by Gasteiger charge is -2.09. The molecule has 0 bridgehead atoms. The summed E-state index contributed by atoms with van der Waals surface area (Å²) in [7, 11) is 0. The molecular formula is C11H17NO2. The number of furan rings is 1. The summed E-state index contributed by atoms with van der Waals surface area (Å²) >= 11 is 0. The number of aryl methyl sites for hydroxylation is 1. The molecule has 1 atom stereocenters. The Kier molecular flexibility index (Phi) is 3.22. The number of rotatable bonds is 6. The Balaban J connectivity index is 1.59. The maximum absolute atomic E-state index is 9.62. The van der Waals surface area contributed by atoms with E-state index < -0.39 is 0 Å². The van der Waals surface area contributed by atoms with Gasteiger partial charge in [0, 0.05) is 19.0 Å². The van der Waals surface area contributed by atoms with Crippen LogP contribution in [0.1, 0.15) is 25.0 Å². The van der Waals surface area contributed by atoms with E-state index in [0.29, 0.717) is 12.6 Å². The third kappa shape index (κ3) is 3.16. The van der Waals surface area contributed by atoms with Crippen LogP contribution in [0.2, 0.25) is 0 Å². The number of hydrogen-bond acceptors (Lipinski definition) is 3. The van der Waals surface area contributed by atoms with E-state index >= 15 is 0 Å². The second-order valence-corrected chi connectivity index (χ2v) is 3.95. The topological polar surface area (TPSA) is 45.4 Å². The van der Waals surface area contributed by atoms with Crippen LogP contribution >= 0.6 is 0 Å². The van der Waals surface area contributed by atoms with E-state index in [0.717, 1.165) is 18.6 Å². The molecule has 1 aromatic rings. The summed E-state index contributed by atoms with van der Waals surface area (Å²) in [6, 6.07) is 4.50. The van der Waals surface area contributed by atoms with Gasteiger partial charge in [0.25, 0.3) is 0 Å². The zero-order valence-corrected chi connectivity index (χ0v) is 8.28. The van der Waals surface area contributed by atoms with Crippen molar-refractivity contribution in [2.75, 3.05) is 6.54 Å². The largest absolute Gasteiger partial charge is 0.469 e. The van der Waals surface area contributed by atoms with Gasteiger partial charge < -0.3 is 14.8 Å². The summed E-state index contributed by atoms with van der Waals surface area (Å²) in [5.41, 5.74) is 0. The van der Waals surface area contributed by atoms with Gasteiger partial charge in [0.2, 0.25) is 0 Å². The van der Waals surface area contributed by atoms with Gasteiger partial charge in [-0.15, -0.1) is 0 Å². The van der Waals surface area contributed by atoms with Crippen molar-refractivity contribution in [2.24, 2.45) is 0 Å². The molecule has 1 aromatic heterocycles. The van der Waals surface area contributed by atoms with Crippen molar-refractivity contribution in [1.82, 2.24) is 5.32 Å². The zero-order chi connectivity index (χ0) is 9.80. The first-order chi connectivity index (χ1) is 6.84. The van der Waals surface area contributed by atoms with E-state index in [1.54, 1.807) is 6.26 Å². The number of aliphatic hydroxyl groups is 1. The van der Waals surface area contributed by atoms with Crippen molar-refractivity contribution in [3.8, 4) is 0 Å². The highest BCUT2D eigenvalue weighted by molar-refractivity contribution is 4.98. The van der Waals surface area contributed by atoms with Gasteiger partial charge in [-0.2, -0.15) is 0 Å². The molecule has 0 amide bonds. The van der Waals surface area contributed by atoms with E-state index in [9.17, 15) is 5.11 Å². The minimum atomic E-state index is -0.249. The van der Waals surface area contributed by atoms with Crippen molar-refractivity contribution in [3.63, 3.8) is 0 Å². The monoisotopic (exact) mass is 195 g/mol. The molecule has 2 rings (SSSR count). The Labute approximate surface area is 84.1 Å². The fourth-order valence-corrected chi connectivity index (χ4v) is 1.46. The van der Waals surface area contributed by atoms with Crippen molar-refractivity contribution in [1.29, 1.82) is 0 Å². The highest BCUT2D eigenvalue weighted by Crippen LogP contribution is 2.18. The lowest BCUT2D eigenvalue weighted by Crippen LogP contribution is -2.28. The minimum Gasteiger partial charge on any atom is -0.469 e. The second-order valence-electron chi connectivity index (χ2n) is 3.95. The maximum Gasteiger partial charge on any atom is 0.103 e. The van der Waals surface area contributed by atoms with Gasteiger partial charge in [0.15, 0.2) is 0 Å². The van der Waals surface area contributed by atoms with Crippen LogP contribution in [0.15, 0.2) is 22.8 Å². The summed E-state index contributed by atoms with van der Waals surface area (Å²) in [6.07, 6.45) is 5.55. The molecule has 0 spiro atoms. The zero-order valence-electron chi connectivity index (χ0n) is 8.28. The Bertz CT molecular complexity index is 254. The van der Waals surface area contributed by atoms with Crippen molar-refractivity contribution >= 4 is 0 Å². The van der Waals surface area contributed by atoms with E-state index in [1.807, 2.05) is 12.1 Å². The lowest BCUT2D eigenvalue weighted by atomic mass is 10.1. The summed E-state index contributed by atoms with van der Waals surface area (Å²) < 4.78 is 5.19. The molecule has 78 valence electrons. The summed E-state index contributed by atoms with van der Waals surface area (Å²) in [4.78, 5) is 0. The van der Waals surface area contributed by atoms with Crippen molar-refractivity contribution < 1.29 is 9.52 Å². The Morgan fingerprint density at radius 3 is 3.07 bits per heavy atom. The summed E-state index contributed by atoms with van der Waals surface area (Å²) in [5.74, 6) is 0.954. The van der Waals surface area contributed by atoms with E-state index in [4.69, 9.17) is 4.42 Å². The SMILES string of the molecule is OC(CCc1ccco1)CNC1CC1. The standard InChI is InChI=1S/C11H17NO2/c13-10(8-12-9-3-4-9)5-6-11-2-1-7-14-11/h1-2,7,9-10,12-13H,3-6,8H2. The highest BCUT2D eigenvalue weighted by Gasteiger charge is 2.21. The average molecular weight is 195 g/mol. The molecule has 0 aromatic carbocycles. The van der Waals surface area contributed by atoms with Gasteiger partial charge in [-0.1, -0.05) is 0 Å². The molecule has 14 heavy (non-hydrogen) atoms. The summed E-state index contributed by atoms with van der Waals surface area (Å²) in [6.45, 7) is 0.714. The molecule has 1 fully saturated rings. The van der Waals surface area contributed by atoms with Gasteiger partial charge in [0.05, 0.1) is 12.4 Å². The van der Waals surface area contributed by atoms with Crippen LogP contribution in [0.4, 0.5) is 0 Å². The molecule has 3 nitrogen and oxygen atoms in total. The molecule has 0 aliphatic heterocycles. The first-order valence-corrected chi connectivity index (χ1v) is 5.28. The molecule has 0 saturated heterocycles. The molecule has 1 unspecified atom stereocenters. The van der Waals surface area contributed by atoms with E-state index in [-0.39, 0.29) is 6.10 Å². The predicted molar refractivity (Wildman–Crippen MR) is 54.1 cm³/mol. The third-order valence-electron chi connectivity index (χ3n) is 2.52. The Hall–Kier alpha value is -0.800. The van der Waals surface area contributed by atoms with Gasteiger partial charge in [-0.05, 0) is 31.4 Å². The second kappa shape index (κ2) is 4.62. The quantitative estimate of drug-likeness (QED) is 0.719. The molecule has 1 aliphatic rings. The third-order valence-corrected chi connectivity index (χ3v) is 2.52. The van der Waals surface area contributed by atoms with Crippen LogP contribution in [0, 0.1) is 0 Å². The van der Waals surface area contributed by atoms with Crippen molar-refractivity contribution in [2.45, 2.75) is 37.8 Å². The fourth-order valence-electron chi connectivity index (χ4n) is 1.46. The molecular weight excluding hydrogens is 178 g/mol. The van der Waals surface area contributed by atoms with Gasteiger partial charge >= 0.3 is 0 Å². The van der Waals surface area contributed by atoms with Crippen LogP contribution in [-0.2, 0) is 6.42 Å². The predicted octanol–water partition coefficient (Wildman–Crippen LogP) is 1.33. The minimum absolute atomic E-state index is 0.249. The highest BCUT2D eigenvalue weighted by atomic mass is 16.3. The number of aliphatic hydroxyl groups excluding tert-OH is 1. The van der Waals surface area contributed by atoms with E-state index in [1.165, 1.54) is 12.8 Å². The first kappa shape index (κ1) is 9.74. The van der Waals surface area contributed by atoms with E-state index in [2.05, 4.69) is 5.32 Å². The molecule has 2 N–H and O–H groups in total. The van der Waals surface area contributed by atoms with Crippen molar-refractivity contribution in [3.05, 3.63) is 24.2 Å². The van der Waals surface area contributed by atoms with Gasteiger partial charge in [0.1, 0.15) is 5.76 Å². The smallest absolute Gasteiger partial charge is 0.103 e. The number of hydrogen-bond donors (Lipinski definition) is 2. The van der Waals surface area contributed by atoms with Crippen LogP contribution in [0.25, 0.3) is 0 Å².